The van der Waals surface area contributed by atoms with Crippen molar-refractivity contribution in [1.82, 2.24) is 0 Å². The predicted octanol–water partition coefficient (Wildman–Crippen LogP) is 3.49. The largest absolute Gasteiger partial charge is 0.512 e. The van der Waals surface area contributed by atoms with Gasteiger partial charge in [-0.3, -0.25) is 0 Å². The molecular formula is C15H28O4. The van der Waals surface area contributed by atoms with Crippen LogP contribution in [0.4, 0.5) is 0 Å². The van der Waals surface area contributed by atoms with Crippen molar-refractivity contribution >= 4 is 5.97 Å². The van der Waals surface area contributed by atoms with Crippen molar-refractivity contribution in [2.75, 3.05) is 13.7 Å². The number of unbranched alkanes of at least 4 members (excludes halogenated alkanes) is 8. The molecule has 0 saturated carbocycles. The van der Waals surface area contributed by atoms with Crippen molar-refractivity contribution in [2.24, 2.45) is 0 Å². The van der Waals surface area contributed by atoms with Crippen molar-refractivity contribution in [1.29, 1.82) is 0 Å². The van der Waals surface area contributed by atoms with Crippen LogP contribution in [0.25, 0.3) is 0 Å². The van der Waals surface area contributed by atoms with Crippen LogP contribution in [0.3, 0.4) is 0 Å². The molecule has 0 rings (SSSR count). The van der Waals surface area contributed by atoms with Gasteiger partial charge in [-0.05, 0) is 12.8 Å². The van der Waals surface area contributed by atoms with Gasteiger partial charge in [-0.2, -0.15) is 0 Å². The number of hydrogen-bond donors (Lipinski definition) is 2. The lowest BCUT2D eigenvalue weighted by atomic mass is 10.1. The third-order valence-electron chi connectivity index (χ3n) is 3.08. The Morgan fingerprint density at radius 3 is 1.89 bits per heavy atom. The highest BCUT2D eigenvalue weighted by molar-refractivity contribution is 5.82. The van der Waals surface area contributed by atoms with E-state index in [0.29, 0.717) is 13.0 Å². The number of hydrogen-bond acceptors (Lipinski definition) is 4. The molecule has 0 spiro atoms. The SMILES string of the molecule is COC(=O)C=C(O)CCCCCCCCCCCO. The molecule has 0 radical (unpaired) electrons. The Labute approximate surface area is 116 Å². The molecule has 0 heterocycles. The van der Waals surface area contributed by atoms with E-state index in [2.05, 4.69) is 4.74 Å². The van der Waals surface area contributed by atoms with Gasteiger partial charge in [0.1, 0.15) is 0 Å². The van der Waals surface area contributed by atoms with Gasteiger partial charge in [0, 0.05) is 13.0 Å². The zero-order valence-corrected chi connectivity index (χ0v) is 12.1. The first-order valence-corrected chi connectivity index (χ1v) is 7.29. The minimum absolute atomic E-state index is 0.107. The van der Waals surface area contributed by atoms with E-state index in [0.717, 1.165) is 31.8 Å². The number of rotatable bonds is 12. The Bertz CT molecular complexity index is 249. The zero-order chi connectivity index (χ0) is 14.3. The Hall–Kier alpha value is -1.03. The number of ether oxygens (including phenoxy) is 1. The summed E-state index contributed by atoms with van der Waals surface area (Å²) in [5.41, 5.74) is 0. The van der Waals surface area contributed by atoms with Crippen LogP contribution in [0.5, 0.6) is 0 Å². The second kappa shape index (κ2) is 13.4. The summed E-state index contributed by atoms with van der Waals surface area (Å²) in [7, 11) is 1.30. The van der Waals surface area contributed by atoms with Crippen LogP contribution in [0.2, 0.25) is 0 Å². The molecule has 0 aliphatic carbocycles. The van der Waals surface area contributed by atoms with E-state index >= 15 is 0 Å². The summed E-state index contributed by atoms with van der Waals surface area (Å²) in [4.78, 5) is 10.8. The molecule has 0 aliphatic rings. The van der Waals surface area contributed by atoms with Crippen molar-refractivity contribution in [3.8, 4) is 0 Å². The molecule has 4 heteroatoms. The lowest BCUT2D eigenvalue weighted by Gasteiger charge is -2.02. The molecule has 0 aliphatic heterocycles. The van der Waals surface area contributed by atoms with Crippen LogP contribution >= 0.6 is 0 Å². The number of esters is 1. The molecule has 0 saturated heterocycles. The summed E-state index contributed by atoms with van der Waals surface area (Å²) in [6.45, 7) is 0.308. The van der Waals surface area contributed by atoms with Crippen LogP contribution in [-0.2, 0) is 9.53 Å². The highest BCUT2D eigenvalue weighted by Gasteiger charge is 1.99. The number of carbonyl (C=O) groups is 1. The van der Waals surface area contributed by atoms with E-state index in [9.17, 15) is 9.90 Å². The number of allylic oxidation sites excluding steroid dienone is 1. The van der Waals surface area contributed by atoms with Gasteiger partial charge >= 0.3 is 5.97 Å². The lowest BCUT2D eigenvalue weighted by Crippen LogP contribution is -1.97. The van der Waals surface area contributed by atoms with Gasteiger partial charge in [0.05, 0.1) is 18.9 Å². The standard InChI is InChI=1S/C15H28O4/c1-19-15(18)13-14(17)11-9-7-5-3-2-4-6-8-10-12-16/h13,16-17H,2-12H2,1H3. The molecule has 0 bridgehead atoms. The molecule has 19 heavy (non-hydrogen) atoms. The molecular weight excluding hydrogens is 244 g/mol. The fraction of sp³-hybridized carbons (Fsp3) is 0.800. The molecule has 0 aromatic rings. The first kappa shape index (κ1) is 18.0. The van der Waals surface area contributed by atoms with Gasteiger partial charge < -0.3 is 14.9 Å². The average molecular weight is 272 g/mol. The monoisotopic (exact) mass is 272 g/mol. The Morgan fingerprint density at radius 2 is 1.42 bits per heavy atom. The van der Waals surface area contributed by atoms with Crippen molar-refractivity contribution < 1.29 is 19.7 Å². The van der Waals surface area contributed by atoms with Gasteiger partial charge in [-0.15, -0.1) is 0 Å². The van der Waals surface area contributed by atoms with E-state index in [4.69, 9.17) is 5.11 Å². The maximum atomic E-state index is 10.8. The number of methoxy groups -OCH3 is 1. The van der Waals surface area contributed by atoms with Gasteiger partial charge in [-0.25, -0.2) is 4.79 Å². The quantitative estimate of drug-likeness (QED) is 0.247. The maximum absolute atomic E-state index is 10.8. The van der Waals surface area contributed by atoms with Crippen LogP contribution in [0.1, 0.15) is 64.2 Å². The third-order valence-corrected chi connectivity index (χ3v) is 3.08. The highest BCUT2D eigenvalue weighted by atomic mass is 16.5. The Morgan fingerprint density at radius 1 is 0.947 bits per heavy atom. The molecule has 0 amide bonds. The van der Waals surface area contributed by atoms with Crippen LogP contribution < -0.4 is 0 Å². The minimum atomic E-state index is -0.500. The summed E-state index contributed by atoms with van der Waals surface area (Å²) in [5, 5.41) is 18.0. The Balaban J connectivity index is 3.27. The smallest absolute Gasteiger partial charge is 0.333 e. The summed E-state index contributed by atoms with van der Waals surface area (Å²) in [5.74, 6) is -0.392. The van der Waals surface area contributed by atoms with E-state index in [1.165, 1.54) is 39.2 Å². The fourth-order valence-electron chi connectivity index (χ4n) is 1.92. The van der Waals surface area contributed by atoms with Gasteiger partial charge in [-0.1, -0.05) is 44.9 Å². The average Bonchev–Trinajstić information content (AvgIpc) is 2.40. The molecule has 112 valence electrons. The Kier molecular flexibility index (Phi) is 12.7. The number of aliphatic hydroxyl groups excluding tert-OH is 2. The minimum Gasteiger partial charge on any atom is -0.512 e. The topological polar surface area (TPSA) is 66.8 Å². The molecule has 0 unspecified atom stereocenters. The van der Waals surface area contributed by atoms with E-state index in [1.54, 1.807) is 0 Å². The second-order valence-electron chi connectivity index (χ2n) is 4.81. The second-order valence-corrected chi connectivity index (χ2v) is 4.81. The molecule has 0 aromatic heterocycles. The highest BCUT2D eigenvalue weighted by Crippen LogP contribution is 2.12. The third kappa shape index (κ3) is 13.2. The first-order valence-electron chi connectivity index (χ1n) is 7.29. The molecule has 2 N–H and O–H groups in total. The van der Waals surface area contributed by atoms with Crippen LogP contribution in [0.15, 0.2) is 11.8 Å². The molecule has 0 atom stereocenters. The normalized spacial score (nSPS) is 11.6. The molecule has 4 nitrogen and oxygen atoms in total. The molecule has 0 fully saturated rings. The van der Waals surface area contributed by atoms with Gasteiger partial charge in [0.25, 0.3) is 0 Å². The van der Waals surface area contributed by atoms with Crippen LogP contribution in [0, 0.1) is 0 Å². The predicted molar refractivity (Wildman–Crippen MR) is 76.0 cm³/mol. The van der Waals surface area contributed by atoms with Crippen LogP contribution in [-0.4, -0.2) is 29.9 Å². The summed E-state index contributed by atoms with van der Waals surface area (Å²) in [6, 6.07) is 0. The zero-order valence-electron chi connectivity index (χ0n) is 12.1. The lowest BCUT2D eigenvalue weighted by molar-refractivity contribution is -0.135. The van der Waals surface area contributed by atoms with E-state index in [1.807, 2.05) is 0 Å². The summed E-state index contributed by atoms with van der Waals surface area (Å²) < 4.78 is 4.43. The fourth-order valence-corrected chi connectivity index (χ4v) is 1.92. The van der Waals surface area contributed by atoms with E-state index in [-0.39, 0.29) is 5.76 Å². The number of carbonyl (C=O) groups excluding carboxylic acids is 1. The van der Waals surface area contributed by atoms with Crippen molar-refractivity contribution in [3.05, 3.63) is 11.8 Å². The van der Waals surface area contributed by atoms with E-state index < -0.39 is 5.97 Å². The summed E-state index contributed by atoms with van der Waals surface area (Å²) in [6.07, 6.45) is 11.8. The van der Waals surface area contributed by atoms with Gasteiger partial charge in [0.15, 0.2) is 0 Å². The summed E-state index contributed by atoms with van der Waals surface area (Å²) >= 11 is 0. The first-order chi connectivity index (χ1) is 9.20. The van der Waals surface area contributed by atoms with Crippen molar-refractivity contribution in [2.45, 2.75) is 64.2 Å². The van der Waals surface area contributed by atoms with Crippen molar-refractivity contribution in [3.63, 3.8) is 0 Å². The van der Waals surface area contributed by atoms with Gasteiger partial charge in [0.2, 0.25) is 0 Å². The molecule has 0 aromatic carbocycles. The number of aliphatic hydroxyl groups is 2. The maximum Gasteiger partial charge on any atom is 0.333 e.